The van der Waals surface area contributed by atoms with Crippen LogP contribution in [0.3, 0.4) is 0 Å². The second-order valence-electron chi connectivity index (χ2n) is 24.3. The SMILES string of the molecule is CCCCC/C=C\C/C=C\C/C=C\C/C=C\CCCCCCCCCCCCC(O)C(=O)NC(COC1OC(CO)C(O)C(O)C1OC(=O)CCCCCCCCC/C=C\C/C=C\CCCCC)C(O)/C=C/CCCCCCCCCCCCC. The van der Waals surface area contributed by atoms with Gasteiger partial charge in [-0.05, 0) is 103 Å². The van der Waals surface area contributed by atoms with Crippen LogP contribution in [0.25, 0.3) is 0 Å². The number of aliphatic hydroxyl groups is 5. The summed E-state index contributed by atoms with van der Waals surface area (Å²) >= 11 is 0. The molecule has 0 aromatic rings. The summed E-state index contributed by atoms with van der Waals surface area (Å²) in [7, 11) is 0. The molecular weight excluding hydrogens is 1060 g/mol. The molecule has 11 nitrogen and oxygen atoms in total. The lowest BCUT2D eigenvalue weighted by atomic mass is 9.99. The zero-order chi connectivity index (χ0) is 61.7. The molecule has 0 saturated carbocycles. The smallest absolute Gasteiger partial charge is 0.306 e. The molecule has 0 aromatic heterocycles. The van der Waals surface area contributed by atoms with Gasteiger partial charge in [0.25, 0.3) is 0 Å². The number of ether oxygens (including phenoxy) is 3. The molecule has 1 saturated heterocycles. The highest BCUT2D eigenvalue weighted by atomic mass is 16.7. The Bertz CT molecular complexity index is 1710. The Morgan fingerprint density at radius 2 is 0.812 bits per heavy atom. The molecule has 1 heterocycles. The van der Waals surface area contributed by atoms with Crippen LogP contribution in [-0.4, -0.2) is 99.6 Å². The molecule has 85 heavy (non-hydrogen) atoms. The second-order valence-corrected chi connectivity index (χ2v) is 24.3. The highest BCUT2D eigenvalue weighted by Crippen LogP contribution is 2.26. The molecule has 0 spiro atoms. The fraction of sp³-hybridized carbons (Fsp3) is 0.784. The van der Waals surface area contributed by atoms with E-state index in [2.05, 4.69) is 99.0 Å². The van der Waals surface area contributed by atoms with Crippen molar-refractivity contribution in [2.45, 2.75) is 359 Å². The number of aliphatic hydroxyl groups excluding tert-OH is 5. The molecule has 11 heteroatoms. The Labute approximate surface area is 521 Å². The third kappa shape index (κ3) is 48.4. The van der Waals surface area contributed by atoms with Gasteiger partial charge in [-0.15, -0.1) is 0 Å². The summed E-state index contributed by atoms with van der Waals surface area (Å²) in [6.07, 6.45) is 70.4. The van der Waals surface area contributed by atoms with Gasteiger partial charge in [-0.3, -0.25) is 9.59 Å². The third-order valence-corrected chi connectivity index (χ3v) is 16.3. The van der Waals surface area contributed by atoms with Gasteiger partial charge in [0.05, 0.1) is 25.4 Å². The average Bonchev–Trinajstić information content (AvgIpc) is 3.22. The van der Waals surface area contributed by atoms with Gasteiger partial charge < -0.3 is 45.1 Å². The monoisotopic (exact) mass is 1190 g/mol. The van der Waals surface area contributed by atoms with E-state index >= 15 is 0 Å². The first-order chi connectivity index (χ1) is 41.7. The number of rotatable bonds is 60. The van der Waals surface area contributed by atoms with Crippen molar-refractivity contribution in [2.24, 2.45) is 0 Å². The Kier molecular flexibility index (Phi) is 57.4. The van der Waals surface area contributed by atoms with Crippen molar-refractivity contribution < 1.29 is 49.3 Å². The number of carbonyl (C=O) groups excluding carboxylic acids is 2. The fourth-order valence-corrected chi connectivity index (χ4v) is 10.7. The summed E-state index contributed by atoms with van der Waals surface area (Å²) in [6, 6.07) is -1.03. The summed E-state index contributed by atoms with van der Waals surface area (Å²) in [6.45, 7) is 5.76. The Balaban J connectivity index is 2.60. The molecule has 1 amide bonds. The van der Waals surface area contributed by atoms with Crippen LogP contribution in [-0.2, 0) is 23.8 Å². The van der Waals surface area contributed by atoms with Crippen molar-refractivity contribution in [2.75, 3.05) is 13.2 Å². The van der Waals surface area contributed by atoms with Crippen LogP contribution in [0.2, 0.25) is 0 Å². The Morgan fingerprint density at radius 3 is 1.24 bits per heavy atom. The lowest BCUT2D eigenvalue weighted by molar-refractivity contribution is -0.305. The van der Waals surface area contributed by atoms with Gasteiger partial charge in [-0.25, -0.2) is 0 Å². The van der Waals surface area contributed by atoms with Gasteiger partial charge in [-0.1, -0.05) is 286 Å². The van der Waals surface area contributed by atoms with Gasteiger partial charge in [0, 0.05) is 6.42 Å². The molecule has 0 bridgehead atoms. The average molecular weight is 1190 g/mol. The van der Waals surface area contributed by atoms with Gasteiger partial charge >= 0.3 is 5.97 Å². The van der Waals surface area contributed by atoms with Crippen molar-refractivity contribution in [1.82, 2.24) is 5.32 Å². The number of esters is 1. The summed E-state index contributed by atoms with van der Waals surface area (Å²) in [5.74, 6) is -1.20. The summed E-state index contributed by atoms with van der Waals surface area (Å²) in [5.41, 5.74) is 0. The van der Waals surface area contributed by atoms with Gasteiger partial charge in [0.1, 0.15) is 24.4 Å². The van der Waals surface area contributed by atoms with E-state index in [0.717, 1.165) is 103 Å². The van der Waals surface area contributed by atoms with Crippen LogP contribution in [0.5, 0.6) is 0 Å². The lowest BCUT2D eigenvalue weighted by Crippen LogP contribution is -2.61. The summed E-state index contributed by atoms with van der Waals surface area (Å²) < 4.78 is 17.7. The molecule has 8 atom stereocenters. The quantitative estimate of drug-likeness (QED) is 0.0195. The van der Waals surface area contributed by atoms with E-state index in [0.29, 0.717) is 12.8 Å². The fourth-order valence-electron chi connectivity index (χ4n) is 10.7. The van der Waals surface area contributed by atoms with E-state index < -0.39 is 67.4 Å². The molecule has 0 radical (unpaired) electrons. The summed E-state index contributed by atoms with van der Waals surface area (Å²) in [4.78, 5) is 26.7. The first-order valence-electron chi connectivity index (χ1n) is 35.4. The van der Waals surface area contributed by atoms with Crippen LogP contribution in [0, 0.1) is 0 Å². The molecule has 6 N–H and O–H groups in total. The number of carbonyl (C=O) groups is 2. The van der Waals surface area contributed by atoms with E-state index in [4.69, 9.17) is 14.2 Å². The van der Waals surface area contributed by atoms with Gasteiger partial charge in [0.15, 0.2) is 12.4 Å². The maximum absolute atomic E-state index is 13.5. The number of amides is 1. The van der Waals surface area contributed by atoms with E-state index in [1.165, 1.54) is 161 Å². The molecule has 1 aliphatic rings. The number of nitrogens with one attached hydrogen (secondary N) is 1. The van der Waals surface area contributed by atoms with E-state index in [-0.39, 0.29) is 19.4 Å². The maximum atomic E-state index is 13.5. The maximum Gasteiger partial charge on any atom is 0.306 e. The normalized spacial score (nSPS) is 18.9. The van der Waals surface area contributed by atoms with E-state index in [9.17, 15) is 35.1 Å². The minimum atomic E-state index is -1.62. The van der Waals surface area contributed by atoms with Crippen LogP contribution in [0.4, 0.5) is 0 Å². The molecular formula is C74H131NO10. The summed E-state index contributed by atoms with van der Waals surface area (Å²) in [5, 5.41) is 57.2. The second kappa shape index (κ2) is 61.1. The minimum Gasteiger partial charge on any atom is -0.454 e. The third-order valence-electron chi connectivity index (χ3n) is 16.3. The predicted molar refractivity (Wildman–Crippen MR) is 356 cm³/mol. The van der Waals surface area contributed by atoms with Crippen molar-refractivity contribution >= 4 is 11.9 Å². The number of unbranched alkanes of at least 4 members (excludes halogenated alkanes) is 34. The number of allylic oxidation sites excluding steroid dienone is 13. The molecule has 492 valence electrons. The zero-order valence-electron chi connectivity index (χ0n) is 54.7. The standard InChI is InChI=1S/C74H131NO10/c1-4-7-10-13-16-19-22-25-27-29-30-31-32-33-34-35-36-37-39-40-43-46-49-52-55-58-61-67(78)73(82)75-65(66(77)60-57-54-51-48-45-42-24-21-18-15-12-9-6-3)64-83-74-72(71(81)70(80)68(63-76)84-74)85-69(79)62-59-56-53-50-47-44-41-38-28-26-23-20-17-14-11-8-5-2/h16-17,19-20,25-28,30-31,33-34,57,60,65-68,70-72,74,76-78,80-81H,4-15,18,21-24,29,32,35-56,58-59,61-64H2,1-3H3,(H,75,82)/b19-16-,20-17-,27-25-,28-26-,31-30-,34-33-,60-57+. The van der Waals surface area contributed by atoms with Crippen LogP contribution >= 0.6 is 0 Å². The molecule has 1 rings (SSSR count). The Hall–Kier alpha value is -3.16. The molecule has 8 unspecified atom stereocenters. The van der Waals surface area contributed by atoms with E-state index in [1.54, 1.807) is 6.08 Å². The topological polar surface area (TPSA) is 175 Å². The Morgan fingerprint density at radius 1 is 0.459 bits per heavy atom. The molecule has 1 aliphatic heterocycles. The lowest BCUT2D eigenvalue weighted by Gasteiger charge is -2.41. The van der Waals surface area contributed by atoms with Crippen molar-refractivity contribution in [3.63, 3.8) is 0 Å². The van der Waals surface area contributed by atoms with Crippen molar-refractivity contribution in [1.29, 1.82) is 0 Å². The van der Waals surface area contributed by atoms with Crippen molar-refractivity contribution in [3.8, 4) is 0 Å². The minimum absolute atomic E-state index is 0.112. The largest absolute Gasteiger partial charge is 0.454 e. The first-order valence-corrected chi connectivity index (χ1v) is 35.4. The molecule has 1 fully saturated rings. The van der Waals surface area contributed by atoms with Gasteiger partial charge in [0.2, 0.25) is 5.91 Å². The molecule has 0 aliphatic carbocycles. The molecule has 0 aromatic carbocycles. The predicted octanol–water partition coefficient (Wildman–Crippen LogP) is 18.1. The number of hydrogen-bond acceptors (Lipinski definition) is 10. The zero-order valence-corrected chi connectivity index (χ0v) is 54.7. The highest BCUT2D eigenvalue weighted by Gasteiger charge is 2.47. The van der Waals surface area contributed by atoms with Crippen LogP contribution in [0.1, 0.15) is 310 Å². The van der Waals surface area contributed by atoms with Crippen LogP contribution < -0.4 is 5.32 Å². The first kappa shape index (κ1) is 79.9. The highest BCUT2D eigenvalue weighted by molar-refractivity contribution is 5.80. The van der Waals surface area contributed by atoms with Gasteiger partial charge in [-0.2, -0.15) is 0 Å². The number of hydrogen-bond donors (Lipinski definition) is 6. The van der Waals surface area contributed by atoms with Crippen LogP contribution in [0.15, 0.2) is 85.1 Å². The van der Waals surface area contributed by atoms with E-state index in [1.807, 2.05) is 6.08 Å². The van der Waals surface area contributed by atoms with Crippen molar-refractivity contribution in [3.05, 3.63) is 85.1 Å².